The van der Waals surface area contributed by atoms with Crippen LogP contribution in [0.15, 0.2) is 24.5 Å². The number of fused-ring (bicyclic) bond motifs is 1. The largest absolute Gasteiger partial charge is 0.462 e. The van der Waals surface area contributed by atoms with Crippen molar-refractivity contribution in [2.24, 2.45) is 11.8 Å². The first-order valence-corrected chi connectivity index (χ1v) is 9.65. The molecule has 0 bridgehead atoms. The van der Waals surface area contributed by atoms with Crippen LogP contribution in [0.2, 0.25) is 0 Å². The van der Waals surface area contributed by atoms with E-state index in [9.17, 15) is 4.79 Å². The summed E-state index contributed by atoms with van der Waals surface area (Å²) >= 11 is 0. The van der Waals surface area contributed by atoms with Gasteiger partial charge in [-0.2, -0.15) is 5.10 Å². The Morgan fingerprint density at radius 1 is 1.27 bits per heavy atom. The molecule has 1 saturated heterocycles. The molecule has 26 heavy (non-hydrogen) atoms. The van der Waals surface area contributed by atoms with Crippen LogP contribution in [0.3, 0.4) is 0 Å². The van der Waals surface area contributed by atoms with Crippen molar-refractivity contribution in [1.29, 1.82) is 0 Å². The molecule has 0 N–H and O–H groups in total. The fourth-order valence-corrected chi connectivity index (χ4v) is 4.04. The predicted molar refractivity (Wildman–Crippen MR) is 97.3 cm³/mol. The van der Waals surface area contributed by atoms with Gasteiger partial charge in [0.1, 0.15) is 5.82 Å². The third kappa shape index (κ3) is 2.97. The molecule has 3 heterocycles. The molecule has 6 nitrogen and oxygen atoms in total. The molecular formula is C20H24N4O2. The van der Waals surface area contributed by atoms with Gasteiger partial charge in [0, 0.05) is 25.2 Å². The van der Waals surface area contributed by atoms with Gasteiger partial charge in [-0.15, -0.1) is 0 Å². The van der Waals surface area contributed by atoms with Gasteiger partial charge >= 0.3 is 5.97 Å². The van der Waals surface area contributed by atoms with E-state index in [0.29, 0.717) is 24.6 Å². The number of carbonyl (C=O) groups is 1. The number of pyridine rings is 1. The summed E-state index contributed by atoms with van der Waals surface area (Å²) in [5, 5.41) is 4.33. The van der Waals surface area contributed by atoms with Crippen molar-refractivity contribution in [2.45, 2.75) is 38.6 Å². The van der Waals surface area contributed by atoms with E-state index in [1.54, 1.807) is 24.0 Å². The summed E-state index contributed by atoms with van der Waals surface area (Å²) in [4.78, 5) is 19.3. The fraction of sp³-hybridized carbons (Fsp3) is 0.550. The fourth-order valence-electron chi connectivity index (χ4n) is 4.04. The topological polar surface area (TPSA) is 60.2 Å². The Labute approximate surface area is 153 Å². The van der Waals surface area contributed by atoms with Crippen LogP contribution in [0.25, 0.3) is 0 Å². The minimum absolute atomic E-state index is 0.317. The molecule has 3 fully saturated rings. The number of carbonyl (C=O) groups excluding carboxylic acids is 1. The lowest BCUT2D eigenvalue weighted by Gasteiger charge is -2.21. The van der Waals surface area contributed by atoms with Gasteiger partial charge in [0.25, 0.3) is 0 Å². The first-order valence-electron chi connectivity index (χ1n) is 9.65. The summed E-state index contributed by atoms with van der Waals surface area (Å²) in [5.74, 6) is 3.22. The van der Waals surface area contributed by atoms with Gasteiger partial charge in [-0.05, 0) is 49.7 Å². The lowest BCUT2D eigenvalue weighted by Crippen LogP contribution is -2.23. The molecule has 2 aromatic rings. The highest BCUT2D eigenvalue weighted by atomic mass is 16.5. The molecule has 1 aliphatic heterocycles. The first-order chi connectivity index (χ1) is 12.7. The highest BCUT2D eigenvalue weighted by molar-refractivity contribution is 5.88. The van der Waals surface area contributed by atoms with Crippen molar-refractivity contribution in [1.82, 2.24) is 14.8 Å². The van der Waals surface area contributed by atoms with Crippen molar-refractivity contribution in [3.8, 4) is 0 Å². The number of hydrogen-bond donors (Lipinski definition) is 0. The number of ether oxygens (including phenoxy) is 1. The monoisotopic (exact) mass is 352 g/mol. The molecule has 2 aliphatic carbocycles. The molecule has 6 heteroatoms. The Hall–Kier alpha value is -2.37. The van der Waals surface area contributed by atoms with E-state index in [1.807, 2.05) is 0 Å². The summed E-state index contributed by atoms with van der Waals surface area (Å²) in [7, 11) is 0. The molecule has 0 spiro atoms. The van der Waals surface area contributed by atoms with Gasteiger partial charge in [0.05, 0.1) is 30.6 Å². The van der Waals surface area contributed by atoms with Crippen LogP contribution in [0.4, 0.5) is 5.82 Å². The van der Waals surface area contributed by atoms with Crippen LogP contribution >= 0.6 is 0 Å². The van der Waals surface area contributed by atoms with Crippen molar-refractivity contribution in [3.05, 3.63) is 41.3 Å². The molecule has 2 aromatic heterocycles. The van der Waals surface area contributed by atoms with E-state index < -0.39 is 0 Å². The highest BCUT2D eigenvalue weighted by Crippen LogP contribution is 2.47. The average Bonchev–Trinajstić information content (AvgIpc) is 3.54. The van der Waals surface area contributed by atoms with Gasteiger partial charge in [-0.1, -0.05) is 6.07 Å². The standard InChI is InChI=1S/C20H24N4O2/c1-2-26-20(25)17-8-21-24(12-17)11-14-5-6-18(22-19(14)13-3-4-13)23-9-15-7-16(15)10-23/h5-6,8,12-13,15-16H,2-4,7,9-11H2,1H3. The Bertz CT molecular complexity index is 832. The van der Waals surface area contributed by atoms with E-state index in [-0.39, 0.29) is 5.97 Å². The van der Waals surface area contributed by atoms with Crippen molar-refractivity contribution < 1.29 is 9.53 Å². The number of esters is 1. The van der Waals surface area contributed by atoms with E-state index in [4.69, 9.17) is 9.72 Å². The minimum atomic E-state index is -0.317. The Morgan fingerprint density at radius 2 is 2.08 bits per heavy atom. The number of hydrogen-bond acceptors (Lipinski definition) is 5. The van der Waals surface area contributed by atoms with E-state index >= 15 is 0 Å². The van der Waals surface area contributed by atoms with Crippen molar-refractivity contribution in [2.75, 3.05) is 24.6 Å². The zero-order valence-electron chi connectivity index (χ0n) is 15.1. The molecule has 2 unspecified atom stereocenters. The predicted octanol–water partition coefficient (Wildman–Crippen LogP) is 2.84. The van der Waals surface area contributed by atoms with Crippen LogP contribution in [-0.4, -0.2) is 40.4 Å². The van der Waals surface area contributed by atoms with E-state index in [0.717, 1.165) is 17.7 Å². The lowest BCUT2D eigenvalue weighted by molar-refractivity contribution is 0.0526. The molecule has 0 amide bonds. The van der Waals surface area contributed by atoms with Crippen LogP contribution < -0.4 is 4.90 Å². The second kappa shape index (κ2) is 6.11. The van der Waals surface area contributed by atoms with Crippen molar-refractivity contribution in [3.63, 3.8) is 0 Å². The van der Waals surface area contributed by atoms with Crippen LogP contribution in [0.5, 0.6) is 0 Å². The van der Waals surface area contributed by atoms with Crippen molar-refractivity contribution >= 4 is 11.8 Å². The summed E-state index contributed by atoms with van der Waals surface area (Å²) < 4.78 is 6.84. The number of nitrogens with zero attached hydrogens (tertiary/aromatic N) is 4. The first kappa shape index (κ1) is 15.9. The molecule has 5 rings (SSSR count). The maximum atomic E-state index is 11.8. The SMILES string of the molecule is CCOC(=O)c1cnn(Cc2ccc(N3CC4CC4C3)nc2C2CC2)c1. The summed E-state index contributed by atoms with van der Waals surface area (Å²) in [5.41, 5.74) is 2.93. The highest BCUT2D eigenvalue weighted by Gasteiger charge is 2.45. The van der Waals surface area contributed by atoms with Gasteiger partial charge in [-0.25, -0.2) is 9.78 Å². The summed E-state index contributed by atoms with van der Waals surface area (Å²) in [6.45, 7) is 5.16. The molecule has 0 aromatic carbocycles. The van der Waals surface area contributed by atoms with Crippen LogP contribution in [0, 0.1) is 11.8 Å². The van der Waals surface area contributed by atoms with E-state index in [1.165, 1.54) is 43.6 Å². The number of rotatable bonds is 6. The summed E-state index contributed by atoms with van der Waals surface area (Å²) in [6, 6.07) is 4.35. The Balaban J connectivity index is 1.36. The van der Waals surface area contributed by atoms with Crippen LogP contribution in [-0.2, 0) is 11.3 Å². The van der Waals surface area contributed by atoms with Gasteiger partial charge < -0.3 is 9.64 Å². The quantitative estimate of drug-likeness (QED) is 0.748. The molecule has 0 radical (unpaired) electrons. The zero-order valence-corrected chi connectivity index (χ0v) is 15.1. The van der Waals surface area contributed by atoms with E-state index in [2.05, 4.69) is 22.1 Å². The summed E-state index contributed by atoms with van der Waals surface area (Å²) in [6.07, 6.45) is 7.19. The number of anilines is 1. The normalized spacial score (nSPS) is 23.8. The third-order valence-corrected chi connectivity index (χ3v) is 5.74. The Morgan fingerprint density at radius 3 is 2.81 bits per heavy atom. The maximum absolute atomic E-state index is 11.8. The minimum Gasteiger partial charge on any atom is -0.462 e. The molecular weight excluding hydrogens is 328 g/mol. The smallest absolute Gasteiger partial charge is 0.341 e. The van der Waals surface area contributed by atoms with Gasteiger partial charge in [0.15, 0.2) is 0 Å². The van der Waals surface area contributed by atoms with Gasteiger partial charge in [0.2, 0.25) is 0 Å². The van der Waals surface area contributed by atoms with Crippen LogP contribution in [0.1, 0.15) is 53.7 Å². The molecule has 136 valence electrons. The second-order valence-corrected chi connectivity index (χ2v) is 7.80. The Kier molecular flexibility index (Phi) is 3.72. The number of aromatic nitrogens is 3. The second-order valence-electron chi connectivity index (χ2n) is 7.80. The average molecular weight is 352 g/mol. The zero-order chi connectivity index (χ0) is 17.7. The molecule has 2 saturated carbocycles. The number of piperidine rings is 1. The molecule has 3 aliphatic rings. The van der Waals surface area contributed by atoms with Gasteiger partial charge in [-0.3, -0.25) is 4.68 Å². The molecule has 2 atom stereocenters. The maximum Gasteiger partial charge on any atom is 0.341 e. The third-order valence-electron chi connectivity index (χ3n) is 5.74. The lowest BCUT2D eigenvalue weighted by atomic mass is 10.1.